The molecule has 2 amide bonds. The van der Waals surface area contributed by atoms with Crippen LogP contribution in [0.4, 0.5) is 10.5 Å². The zero-order chi connectivity index (χ0) is 15.3. The molecule has 1 aromatic heterocycles. The maximum absolute atomic E-state index is 12.0. The maximum atomic E-state index is 12.0. The highest BCUT2D eigenvalue weighted by Gasteiger charge is 2.22. The number of amides is 2. The molecule has 0 radical (unpaired) electrons. The molecule has 6 nitrogen and oxygen atoms in total. The second-order valence-electron chi connectivity index (χ2n) is 5.45. The Bertz CT molecular complexity index is 492. The van der Waals surface area contributed by atoms with Gasteiger partial charge in [-0.05, 0) is 45.7 Å². The van der Waals surface area contributed by atoms with Crippen LogP contribution in [-0.2, 0) is 4.79 Å². The SMILES string of the molecule is Cc1ccnc(C)c1NC(=O)NC(C)(C)CCC(=O)O. The summed E-state index contributed by atoms with van der Waals surface area (Å²) in [7, 11) is 0. The molecule has 0 spiro atoms. The van der Waals surface area contributed by atoms with Crippen LogP contribution >= 0.6 is 0 Å². The summed E-state index contributed by atoms with van der Waals surface area (Å²) < 4.78 is 0. The number of carboxylic acids is 1. The fraction of sp³-hybridized carbons (Fsp3) is 0.500. The summed E-state index contributed by atoms with van der Waals surface area (Å²) in [6.07, 6.45) is 2.06. The van der Waals surface area contributed by atoms with Crippen LogP contribution in [0.3, 0.4) is 0 Å². The number of urea groups is 1. The summed E-state index contributed by atoms with van der Waals surface area (Å²) in [4.78, 5) is 26.7. The summed E-state index contributed by atoms with van der Waals surface area (Å²) in [5.74, 6) is -0.876. The van der Waals surface area contributed by atoms with Gasteiger partial charge >= 0.3 is 12.0 Å². The molecule has 3 N–H and O–H groups in total. The summed E-state index contributed by atoms with van der Waals surface area (Å²) in [6.45, 7) is 7.29. The molecule has 0 aliphatic rings. The number of aromatic nitrogens is 1. The quantitative estimate of drug-likeness (QED) is 0.772. The van der Waals surface area contributed by atoms with Crippen molar-refractivity contribution in [2.75, 3.05) is 5.32 Å². The molecule has 0 aliphatic carbocycles. The van der Waals surface area contributed by atoms with Crippen molar-refractivity contribution < 1.29 is 14.7 Å². The number of aliphatic carboxylic acids is 1. The van der Waals surface area contributed by atoms with Gasteiger partial charge in [0.1, 0.15) is 0 Å². The summed E-state index contributed by atoms with van der Waals surface area (Å²) in [5.41, 5.74) is 1.76. The van der Waals surface area contributed by atoms with E-state index in [0.717, 1.165) is 11.3 Å². The highest BCUT2D eigenvalue weighted by molar-refractivity contribution is 5.91. The number of carbonyl (C=O) groups is 2. The van der Waals surface area contributed by atoms with Crippen molar-refractivity contribution in [3.05, 3.63) is 23.5 Å². The second-order valence-corrected chi connectivity index (χ2v) is 5.45. The molecule has 6 heteroatoms. The van der Waals surface area contributed by atoms with Crippen LogP contribution in [0, 0.1) is 13.8 Å². The first kappa shape index (κ1) is 15.9. The molecule has 0 saturated heterocycles. The molecule has 1 aromatic rings. The molecule has 0 bridgehead atoms. The Kier molecular flexibility index (Phi) is 5.07. The van der Waals surface area contributed by atoms with Crippen LogP contribution in [0.5, 0.6) is 0 Å². The standard InChI is InChI=1S/C14H21N3O3/c1-9-6-8-15-10(2)12(9)16-13(20)17-14(3,4)7-5-11(18)19/h6,8H,5,7H2,1-4H3,(H,18,19)(H2,16,17,20). The first-order valence-electron chi connectivity index (χ1n) is 6.44. The number of nitrogens with zero attached hydrogens (tertiary/aromatic N) is 1. The Morgan fingerprint density at radius 2 is 2.00 bits per heavy atom. The molecule has 0 saturated carbocycles. The van der Waals surface area contributed by atoms with E-state index in [2.05, 4.69) is 15.6 Å². The molecule has 0 atom stereocenters. The summed E-state index contributed by atoms with van der Waals surface area (Å²) in [6, 6.07) is 1.46. The van der Waals surface area contributed by atoms with Crippen molar-refractivity contribution in [2.24, 2.45) is 0 Å². The first-order valence-corrected chi connectivity index (χ1v) is 6.44. The number of anilines is 1. The van der Waals surface area contributed by atoms with E-state index in [4.69, 9.17) is 5.11 Å². The third kappa shape index (κ3) is 4.87. The topological polar surface area (TPSA) is 91.3 Å². The van der Waals surface area contributed by atoms with Gasteiger partial charge in [0, 0.05) is 18.2 Å². The minimum absolute atomic E-state index is 0.0121. The van der Waals surface area contributed by atoms with E-state index >= 15 is 0 Å². The van der Waals surface area contributed by atoms with Gasteiger partial charge in [-0.3, -0.25) is 9.78 Å². The van der Waals surface area contributed by atoms with Crippen LogP contribution in [0.1, 0.15) is 37.9 Å². The lowest BCUT2D eigenvalue weighted by Gasteiger charge is -2.26. The van der Waals surface area contributed by atoms with Crippen LogP contribution in [-0.4, -0.2) is 27.6 Å². The average Bonchev–Trinajstić information content (AvgIpc) is 2.31. The van der Waals surface area contributed by atoms with E-state index in [1.54, 1.807) is 20.0 Å². The highest BCUT2D eigenvalue weighted by atomic mass is 16.4. The van der Waals surface area contributed by atoms with E-state index in [1.165, 1.54) is 0 Å². The fourth-order valence-electron chi connectivity index (χ4n) is 1.82. The molecular formula is C14H21N3O3. The minimum Gasteiger partial charge on any atom is -0.481 e. The zero-order valence-corrected chi connectivity index (χ0v) is 12.3. The Hall–Kier alpha value is -2.11. The van der Waals surface area contributed by atoms with E-state index in [1.807, 2.05) is 19.9 Å². The van der Waals surface area contributed by atoms with Crippen molar-refractivity contribution in [2.45, 2.75) is 46.1 Å². The first-order chi connectivity index (χ1) is 9.21. The van der Waals surface area contributed by atoms with Crippen molar-refractivity contribution in [3.63, 3.8) is 0 Å². The molecule has 110 valence electrons. The number of carbonyl (C=O) groups excluding carboxylic acids is 1. The number of hydrogen-bond acceptors (Lipinski definition) is 3. The van der Waals surface area contributed by atoms with Crippen LogP contribution < -0.4 is 10.6 Å². The molecule has 1 heterocycles. The molecule has 20 heavy (non-hydrogen) atoms. The summed E-state index contributed by atoms with van der Waals surface area (Å²) in [5, 5.41) is 14.2. The third-order valence-corrected chi connectivity index (χ3v) is 3.00. The number of pyridine rings is 1. The molecule has 0 aliphatic heterocycles. The minimum atomic E-state index is -0.876. The van der Waals surface area contributed by atoms with Gasteiger partial charge in [0.05, 0.1) is 11.4 Å². The monoisotopic (exact) mass is 279 g/mol. The van der Waals surface area contributed by atoms with Gasteiger partial charge in [-0.2, -0.15) is 0 Å². The Labute approximate surface area is 118 Å². The van der Waals surface area contributed by atoms with E-state index in [-0.39, 0.29) is 12.5 Å². The van der Waals surface area contributed by atoms with Crippen LogP contribution in [0.15, 0.2) is 12.3 Å². The number of carboxylic acid groups (broad SMARTS) is 1. The lowest BCUT2D eigenvalue weighted by molar-refractivity contribution is -0.137. The van der Waals surface area contributed by atoms with Gasteiger partial charge in [0.15, 0.2) is 0 Å². The van der Waals surface area contributed by atoms with Crippen LogP contribution in [0.2, 0.25) is 0 Å². The van der Waals surface area contributed by atoms with Crippen molar-refractivity contribution in [1.29, 1.82) is 0 Å². The highest BCUT2D eigenvalue weighted by Crippen LogP contribution is 2.18. The lowest BCUT2D eigenvalue weighted by atomic mass is 9.99. The second kappa shape index (κ2) is 6.36. The van der Waals surface area contributed by atoms with Gasteiger partial charge in [-0.1, -0.05) is 0 Å². The predicted molar refractivity (Wildman–Crippen MR) is 76.8 cm³/mol. The van der Waals surface area contributed by atoms with Crippen molar-refractivity contribution in [1.82, 2.24) is 10.3 Å². The lowest BCUT2D eigenvalue weighted by Crippen LogP contribution is -2.46. The van der Waals surface area contributed by atoms with E-state index < -0.39 is 11.5 Å². The van der Waals surface area contributed by atoms with E-state index in [0.29, 0.717) is 12.1 Å². The average molecular weight is 279 g/mol. The smallest absolute Gasteiger partial charge is 0.319 e. The van der Waals surface area contributed by atoms with E-state index in [9.17, 15) is 9.59 Å². The molecule has 0 fully saturated rings. The molecular weight excluding hydrogens is 258 g/mol. The van der Waals surface area contributed by atoms with Crippen LogP contribution in [0.25, 0.3) is 0 Å². The Morgan fingerprint density at radius 3 is 2.55 bits per heavy atom. The number of nitrogens with one attached hydrogen (secondary N) is 2. The number of rotatable bonds is 5. The molecule has 0 aromatic carbocycles. The third-order valence-electron chi connectivity index (χ3n) is 3.00. The predicted octanol–water partition coefficient (Wildman–Crippen LogP) is 2.46. The largest absolute Gasteiger partial charge is 0.481 e. The fourth-order valence-corrected chi connectivity index (χ4v) is 1.82. The van der Waals surface area contributed by atoms with Gasteiger partial charge in [-0.15, -0.1) is 0 Å². The Morgan fingerprint density at radius 1 is 1.35 bits per heavy atom. The van der Waals surface area contributed by atoms with Crippen molar-refractivity contribution >= 4 is 17.7 Å². The van der Waals surface area contributed by atoms with Crippen molar-refractivity contribution in [3.8, 4) is 0 Å². The number of aryl methyl sites for hydroxylation is 2. The van der Waals surface area contributed by atoms with Gasteiger partial charge in [-0.25, -0.2) is 4.79 Å². The normalized spacial score (nSPS) is 11.0. The van der Waals surface area contributed by atoms with Gasteiger partial charge < -0.3 is 15.7 Å². The number of hydrogen-bond donors (Lipinski definition) is 3. The maximum Gasteiger partial charge on any atom is 0.319 e. The zero-order valence-electron chi connectivity index (χ0n) is 12.3. The van der Waals surface area contributed by atoms with Gasteiger partial charge in [0.2, 0.25) is 0 Å². The molecule has 1 rings (SSSR count). The summed E-state index contributed by atoms with van der Waals surface area (Å²) >= 11 is 0. The van der Waals surface area contributed by atoms with Gasteiger partial charge in [0.25, 0.3) is 0 Å². The molecule has 0 unspecified atom stereocenters. The Balaban J connectivity index is 2.65.